The standard InChI is InChI=1S/C16H20BrNO3/c1-11-9-12(17)5-6-13(11)15(21)18-16(10-14(19)20)7-3-2-4-8-16/h5-6,9H,2-4,7-8,10H2,1H3,(H,18,21)(H,19,20). The lowest BCUT2D eigenvalue weighted by Crippen LogP contribution is -2.51. The van der Waals surface area contributed by atoms with Crippen molar-refractivity contribution in [1.82, 2.24) is 5.32 Å². The number of carbonyl (C=O) groups excluding carboxylic acids is 1. The fourth-order valence-electron chi connectivity index (χ4n) is 3.05. The predicted octanol–water partition coefficient (Wildman–Crippen LogP) is 3.66. The van der Waals surface area contributed by atoms with E-state index in [1.807, 2.05) is 19.1 Å². The van der Waals surface area contributed by atoms with Crippen LogP contribution in [-0.4, -0.2) is 22.5 Å². The summed E-state index contributed by atoms with van der Waals surface area (Å²) in [5.41, 5.74) is 0.887. The molecule has 2 rings (SSSR count). The zero-order valence-electron chi connectivity index (χ0n) is 12.1. The SMILES string of the molecule is Cc1cc(Br)ccc1C(=O)NC1(CC(=O)O)CCCCC1. The third kappa shape index (κ3) is 4.06. The molecule has 1 aromatic carbocycles. The first kappa shape index (κ1) is 16.0. The minimum atomic E-state index is -0.857. The number of amides is 1. The van der Waals surface area contributed by atoms with Gasteiger partial charge < -0.3 is 10.4 Å². The first-order valence-corrected chi connectivity index (χ1v) is 8.02. The molecule has 1 amide bonds. The zero-order valence-corrected chi connectivity index (χ0v) is 13.7. The van der Waals surface area contributed by atoms with Crippen LogP contribution in [0.3, 0.4) is 0 Å². The van der Waals surface area contributed by atoms with Crippen LogP contribution in [0.2, 0.25) is 0 Å². The normalized spacial score (nSPS) is 17.2. The molecule has 4 nitrogen and oxygen atoms in total. The van der Waals surface area contributed by atoms with Crippen molar-refractivity contribution in [1.29, 1.82) is 0 Å². The smallest absolute Gasteiger partial charge is 0.305 e. The van der Waals surface area contributed by atoms with Crippen molar-refractivity contribution in [3.8, 4) is 0 Å². The van der Waals surface area contributed by atoms with E-state index in [9.17, 15) is 9.59 Å². The molecule has 0 unspecified atom stereocenters. The number of hydrogen-bond acceptors (Lipinski definition) is 2. The number of nitrogens with one attached hydrogen (secondary N) is 1. The molecule has 5 heteroatoms. The van der Waals surface area contributed by atoms with E-state index in [1.54, 1.807) is 6.07 Å². The Labute approximate surface area is 133 Å². The Kier molecular flexibility index (Phi) is 5.04. The van der Waals surface area contributed by atoms with E-state index in [0.717, 1.165) is 42.1 Å². The highest BCUT2D eigenvalue weighted by Crippen LogP contribution is 2.31. The van der Waals surface area contributed by atoms with Crippen molar-refractivity contribution < 1.29 is 14.7 Å². The molecule has 0 heterocycles. The van der Waals surface area contributed by atoms with Crippen LogP contribution in [0.15, 0.2) is 22.7 Å². The maximum atomic E-state index is 12.5. The number of carboxylic acids is 1. The highest BCUT2D eigenvalue weighted by atomic mass is 79.9. The third-order valence-corrected chi connectivity index (χ3v) is 4.61. The summed E-state index contributed by atoms with van der Waals surface area (Å²) in [4.78, 5) is 23.7. The Bertz CT molecular complexity index is 550. The summed E-state index contributed by atoms with van der Waals surface area (Å²) in [6.07, 6.45) is 4.50. The Morgan fingerprint density at radius 3 is 2.52 bits per heavy atom. The summed E-state index contributed by atoms with van der Waals surface area (Å²) in [6, 6.07) is 5.48. The largest absolute Gasteiger partial charge is 0.481 e. The Hall–Kier alpha value is -1.36. The molecule has 0 spiro atoms. The van der Waals surface area contributed by atoms with Gasteiger partial charge in [-0.05, 0) is 43.5 Å². The Balaban J connectivity index is 2.19. The lowest BCUT2D eigenvalue weighted by Gasteiger charge is -2.37. The number of carboxylic acid groups (broad SMARTS) is 1. The van der Waals surface area contributed by atoms with Crippen molar-refractivity contribution >= 4 is 27.8 Å². The first-order valence-electron chi connectivity index (χ1n) is 7.22. The Morgan fingerprint density at radius 1 is 1.29 bits per heavy atom. The van der Waals surface area contributed by atoms with Gasteiger partial charge in [0.1, 0.15) is 0 Å². The number of aliphatic carboxylic acids is 1. The number of benzene rings is 1. The summed E-state index contributed by atoms with van der Waals surface area (Å²) in [5.74, 6) is -1.03. The molecular weight excluding hydrogens is 334 g/mol. The van der Waals surface area contributed by atoms with E-state index in [-0.39, 0.29) is 12.3 Å². The molecule has 0 bridgehead atoms. The summed E-state index contributed by atoms with van der Waals surface area (Å²) in [5, 5.41) is 12.2. The highest BCUT2D eigenvalue weighted by Gasteiger charge is 2.36. The number of rotatable bonds is 4. The van der Waals surface area contributed by atoms with Crippen molar-refractivity contribution in [2.75, 3.05) is 0 Å². The second kappa shape index (κ2) is 6.60. The van der Waals surface area contributed by atoms with E-state index in [0.29, 0.717) is 5.56 Å². The lowest BCUT2D eigenvalue weighted by atomic mass is 9.79. The van der Waals surface area contributed by atoms with Gasteiger partial charge in [0.05, 0.1) is 12.0 Å². The molecule has 1 aromatic rings. The topological polar surface area (TPSA) is 66.4 Å². The number of hydrogen-bond donors (Lipinski definition) is 2. The average molecular weight is 354 g/mol. The zero-order chi connectivity index (χ0) is 15.5. The minimum Gasteiger partial charge on any atom is -0.481 e. The molecule has 1 aliphatic carbocycles. The summed E-state index contributed by atoms with van der Waals surface area (Å²) < 4.78 is 0.925. The molecule has 0 radical (unpaired) electrons. The molecule has 0 saturated heterocycles. The number of carbonyl (C=O) groups is 2. The van der Waals surface area contributed by atoms with Gasteiger partial charge in [0, 0.05) is 10.0 Å². The van der Waals surface area contributed by atoms with Crippen LogP contribution < -0.4 is 5.32 Å². The quantitative estimate of drug-likeness (QED) is 0.867. The summed E-state index contributed by atoms with van der Waals surface area (Å²) >= 11 is 3.38. The van der Waals surface area contributed by atoms with Gasteiger partial charge in [-0.25, -0.2) is 0 Å². The van der Waals surface area contributed by atoms with Crippen LogP contribution in [0.25, 0.3) is 0 Å². The fourth-order valence-corrected chi connectivity index (χ4v) is 3.53. The molecule has 1 fully saturated rings. The van der Waals surface area contributed by atoms with Crippen LogP contribution in [-0.2, 0) is 4.79 Å². The van der Waals surface area contributed by atoms with Gasteiger partial charge in [0.15, 0.2) is 0 Å². The molecule has 2 N–H and O–H groups in total. The lowest BCUT2D eigenvalue weighted by molar-refractivity contribution is -0.139. The molecule has 1 aliphatic rings. The molecule has 114 valence electrons. The van der Waals surface area contributed by atoms with E-state index in [1.165, 1.54) is 0 Å². The average Bonchev–Trinajstić information content (AvgIpc) is 2.38. The third-order valence-electron chi connectivity index (χ3n) is 4.11. The monoisotopic (exact) mass is 353 g/mol. The maximum absolute atomic E-state index is 12.5. The minimum absolute atomic E-state index is 0.00564. The highest BCUT2D eigenvalue weighted by molar-refractivity contribution is 9.10. The fraction of sp³-hybridized carbons (Fsp3) is 0.500. The van der Waals surface area contributed by atoms with Gasteiger partial charge >= 0.3 is 5.97 Å². The number of halogens is 1. The van der Waals surface area contributed by atoms with E-state index in [4.69, 9.17) is 5.11 Å². The van der Waals surface area contributed by atoms with Gasteiger partial charge in [-0.3, -0.25) is 9.59 Å². The van der Waals surface area contributed by atoms with Crippen molar-refractivity contribution in [3.05, 3.63) is 33.8 Å². The molecule has 1 saturated carbocycles. The van der Waals surface area contributed by atoms with Gasteiger partial charge in [-0.1, -0.05) is 35.2 Å². The van der Waals surface area contributed by atoms with Crippen molar-refractivity contribution in [3.63, 3.8) is 0 Å². The molecule has 21 heavy (non-hydrogen) atoms. The van der Waals surface area contributed by atoms with Crippen LogP contribution in [0.4, 0.5) is 0 Å². The Morgan fingerprint density at radius 2 is 1.95 bits per heavy atom. The van der Waals surface area contributed by atoms with Crippen molar-refractivity contribution in [2.45, 2.75) is 51.0 Å². The van der Waals surface area contributed by atoms with Gasteiger partial charge in [-0.2, -0.15) is 0 Å². The van der Waals surface area contributed by atoms with Crippen LogP contribution in [0, 0.1) is 6.92 Å². The van der Waals surface area contributed by atoms with E-state index >= 15 is 0 Å². The van der Waals surface area contributed by atoms with Crippen molar-refractivity contribution in [2.24, 2.45) is 0 Å². The van der Waals surface area contributed by atoms with Crippen LogP contribution in [0.1, 0.15) is 54.4 Å². The molecule has 0 aliphatic heterocycles. The maximum Gasteiger partial charge on any atom is 0.305 e. The van der Waals surface area contributed by atoms with Gasteiger partial charge in [0.25, 0.3) is 5.91 Å². The first-order chi connectivity index (χ1) is 9.92. The second-order valence-corrected chi connectivity index (χ2v) is 6.74. The predicted molar refractivity (Wildman–Crippen MR) is 84.4 cm³/mol. The number of aryl methyl sites for hydroxylation is 1. The van der Waals surface area contributed by atoms with Crippen LogP contribution in [0.5, 0.6) is 0 Å². The van der Waals surface area contributed by atoms with Gasteiger partial charge in [0.2, 0.25) is 0 Å². The summed E-state index contributed by atoms with van der Waals surface area (Å²) in [6.45, 7) is 1.88. The molecular formula is C16H20BrNO3. The van der Waals surface area contributed by atoms with E-state index < -0.39 is 11.5 Å². The molecule has 0 atom stereocenters. The molecule has 0 aromatic heterocycles. The van der Waals surface area contributed by atoms with Gasteiger partial charge in [-0.15, -0.1) is 0 Å². The second-order valence-electron chi connectivity index (χ2n) is 5.82. The van der Waals surface area contributed by atoms with E-state index in [2.05, 4.69) is 21.2 Å². The summed E-state index contributed by atoms with van der Waals surface area (Å²) in [7, 11) is 0. The van der Waals surface area contributed by atoms with Crippen LogP contribution >= 0.6 is 15.9 Å².